The molecular weight excluding hydrogens is 270 g/mol. The van der Waals surface area contributed by atoms with Gasteiger partial charge in [0.25, 0.3) is 0 Å². The lowest BCUT2D eigenvalue weighted by atomic mass is 9.95. The lowest BCUT2D eigenvalue weighted by Crippen LogP contribution is -2.34. The predicted molar refractivity (Wildman–Crippen MR) is 94.2 cm³/mol. The molecule has 3 nitrogen and oxygen atoms in total. The molecule has 0 saturated carbocycles. The van der Waals surface area contributed by atoms with Crippen LogP contribution in [0.4, 0.5) is 0 Å². The van der Waals surface area contributed by atoms with Gasteiger partial charge in [0, 0.05) is 49.7 Å². The van der Waals surface area contributed by atoms with Crippen molar-refractivity contribution in [3.63, 3.8) is 0 Å². The van der Waals surface area contributed by atoms with Crippen molar-refractivity contribution in [3.8, 4) is 0 Å². The summed E-state index contributed by atoms with van der Waals surface area (Å²) in [5.74, 6) is 0.482. The minimum atomic E-state index is 0.482. The Hall–Kier alpha value is -1.35. The standard InChI is InChI=1S/C19H31N3/c1-12(2)19-15(5)14(4)18(16(6)20-19)11-22(8)17-9-13(3)21(7)10-17/h12,17H,3,9-11H2,1-2,4-8H3. The third-order valence-electron chi connectivity index (χ3n) is 5.20. The van der Waals surface area contributed by atoms with E-state index in [1.54, 1.807) is 0 Å². The molecule has 3 heteroatoms. The molecule has 0 aromatic carbocycles. The number of hydrogen-bond acceptors (Lipinski definition) is 3. The quantitative estimate of drug-likeness (QED) is 0.843. The number of nitrogens with zero attached hydrogens (tertiary/aromatic N) is 3. The smallest absolute Gasteiger partial charge is 0.0464 e. The van der Waals surface area contributed by atoms with Gasteiger partial charge in [-0.05, 0) is 50.4 Å². The fourth-order valence-corrected chi connectivity index (χ4v) is 3.43. The average Bonchev–Trinajstić information content (AvgIpc) is 2.78. The normalized spacial score (nSPS) is 18.9. The molecule has 1 saturated heterocycles. The van der Waals surface area contributed by atoms with Crippen molar-refractivity contribution in [1.82, 2.24) is 14.8 Å². The SMILES string of the molecule is C=C1CC(N(C)Cc2c(C)nc(C(C)C)c(C)c2C)CN1C. The molecule has 22 heavy (non-hydrogen) atoms. The predicted octanol–water partition coefficient (Wildman–Crippen LogP) is 3.78. The van der Waals surface area contributed by atoms with Gasteiger partial charge in [0.15, 0.2) is 0 Å². The first-order valence-corrected chi connectivity index (χ1v) is 8.28. The van der Waals surface area contributed by atoms with Crippen molar-refractivity contribution in [1.29, 1.82) is 0 Å². The maximum absolute atomic E-state index is 4.89. The van der Waals surface area contributed by atoms with Crippen molar-refractivity contribution in [2.75, 3.05) is 20.6 Å². The summed E-state index contributed by atoms with van der Waals surface area (Å²) in [7, 11) is 4.36. The van der Waals surface area contributed by atoms with Crippen molar-refractivity contribution >= 4 is 0 Å². The van der Waals surface area contributed by atoms with Gasteiger partial charge in [-0.15, -0.1) is 0 Å². The molecule has 2 rings (SSSR count). The minimum absolute atomic E-state index is 0.482. The van der Waals surface area contributed by atoms with E-state index in [2.05, 4.69) is 65.1 Å². The van der Waals surface area contributed by atoms with Crippen molar-refractivity contribution < 1.29 is 0 Å². The molecule has 0 N–H and O–H groups in total. The Morgan fingerprint density at radius 3 is 2.41 bits per heavy atom. The first-order valence-electron chi connectivity index (χ1n) is 8.28. The largest absolute Gasteiger partial charge is 0.377 e. The summed E-state index contributed by atoms with van der Waals surface area (Å²) in [6, 6.07) is 0.557. The summed E-state index contributed by atoms with van der Waals surface area (Å²) in [6.45, 7) is 17.2. The van der Waals surface area contributed by atoms with Crippen LogP contribution < -0.4 is 0 Å². The molecule has 1 unspecified atom stereocenters. The Bertz CT molecular complexity index is 575. The Morgan fingerprint density at radius 1 is 1.27 bits per heavy atom. The van der Waals surface area contributed by atoms with Gasteiger partial charge in [-0.2, -0.15) is 0 Å². The van der Waals surface area contributed by atoms with Crippen LogP contribution in [0.2, 0.25) is 0 Å². The van der Waals surface area contributed by atoms with E-state index in [1.807, 2.05) is 0 Å². The fraction of sp³-hybridized carbons (Fsp3) is 0.632. The van der Waals surface area contributed by atoms with Crippen LogP contribution in [-0.4, -0.2) is 41.5 Å². The van der Waals surface area contributed by atoms with Crippen LogP contribution in [0.25, 0.3) is 0 Å². The van der Waals surface area contributed by atoms with Crippen LogP contribution >= 0.6 is 0 Å². The fourth-order valence-electron chi connectivity index (χ4n) is 3.43. The summed E-state index contributed by atoms with van der Waals surface area (Å²) in [5.41, 5.74) is 7.84. The topological polar surface area (TPSA) is 19.4 Å². The highest BCUT2D eigenvalue weighted by Crippen LogP contribution is 2.27. The zero-order chi connectivity index (χ0) is 16.6. The van der Waals surface area contributed by atoms with Crippen LogP contribution in [0, 0.1) is 20.8 Å². The van der Waals surface area contributed by atoms with E-state index in [0.717, 1.165) is 19.5 Å². The second-order valence-electron chi connectivity index (χ2n) is 7.19. The van der Waals surface area contributed by atoms with E-state index in [1.165, 1.54) is 33.8 Å². The molecular formula is C19H31N3. The van der Waals surface area contributed by atoms with Gasteiger partial charge in [0.2, 0.25) is 0 Å². The maximum Gasteiger partial charge on any atom is 0.0464 e. The van der Waals surface area contributed by atoms with Crippen LogP contribution in [0.5, 0.6) is 0 Å². The second-order valence-corrected chi connectivity index (χ2v) is 7.19. The first kappa shape index (κ1) is 17.0. The first-order chi connectivity index (χ1) is 10.2. The monoisotopic (exact) mass is 301 g/mol. The molecule has 1 fully saturated rings. The Balaban J connectivity index is 2.23. The molecule has 2 heterocycles. The molecule has 1 aromatic heterocycles. The second kappa shape index (κ2) is 6.41. The lowest BCUT2D eigenvalue weighted by molar-refractivity contribution is 0.233. The molecule has 1 aliphatic rings. The summed E-state index contributed by atoms with van der Waals surface area (Å²) in [6.07, 6.45) is 1.07. The van der Waals surface area contributed by atoms with E-state index >= 15 is 0 Å². The third kappa shape index (κ3) is 3.19. The van der Waals surface area contributed by atoms with Crippen molar-refractivity contribution in [3.05, 3.63) is 40.4 Å². The number of rotatable bonds is 4. The van der Waals surface area contributed by atoms with E-state index in [4.69, 9.17) is 4.98 Å². The van der Waals surface area contributed by atoms with E-state index in [0.29, 0.717) is 12.0 Å². The molecule has 0 bridgehead atoms. The van der Waals surface area contributed by atoms with Gasteiger partial charge in [-0.1, -0.05) is 20.4 Å². The highest BCUT2D eigenvalue weighted by atomic mass is 15.2. The number of hydrogen-bond donors (Lipinski definition) is 0. The molecule has 0 aliphatic carbocycles. The summed E-state index contributed by atoms with van der Waals surface area (Å²) >= 11 is 0. The van der Waals surface area contributed by atoms with Crippen LogP contribution in [0.1, 0.15) is 54.3 Å². The maximum atomic E-state index is 4.89. The molecule has 0 radical (unpaired) electrons. The lowest BCUT2D eigenvalue weighted by Gasteiger charge is -2.26. The molecule has 1 aliphatic heterocycles. The zero-order valence-electron chi connectivity index (χ0n) is 15.3. The highest BCUT2D eigenvalue weighted by Gasteiger charge is 2.26. The van der Waals surface area contributed by atoms with Crippen molar-refractivity contribution in [2.45, 2.75) is 59.5 Å². The highest BCUT2D eigenvalue weighted by molar-refractivity contribution is 5.39. The Labute approximate surface area is 136 Å². The Morgan fingerprint density at radius 2 is 1.91 bits per heavy atom. The zero-order valence-corrected chi connectivity index (χ0v) is 15.3. The van der Waals surface area contributed by atoms with Gasteiger partial charge in [0.1, 0.15) is 0 Å². The summed E-state index contributed by atoms with van der Waals surface area (Å²) in [5, 5.41) is 0. The molecule has 0 amide bonds. The van der Waals surface area contributed by atoms with Gasteiger partial charge in [-0.3, -0.25) is 9.88 Å². The van der Waals surface area contributed by atoms with Crippen LogP contribution in [0.15, 0.2) is 12.3 Å². The molecule has 122 valence electrons. The summed E-state index contributed by atoms with van der Waals surface area (Å²) in [4.78, 5) is 9.62. The number of likely N-dealkylation sites (tertiary alicyclic amines) is 1. The van der Waals surface area contributed by atoms with E-state index in [-0.39, 0.29) is 0 Å². The number of likely N-dealkylation sites (N-methyl/N-ethyl adjacent to an activating group) is 2. The van der Waals surface area contributed by atoms with E-state index in [9.17, 15) is 0 Å². The van der Waals surface area contributed by atoms with E-state index < -0.39 is 0 Å². The summed E-state index contributed by atoms with van der Waals surface area (Å²) < 4.78 is 0. The van der Waals surface area contributed by atoms with Gasteiger partial charge in [-0.25, -0.2) is 0 Å². The molecule has 1 atom stereocenters. The molecule has 0 spiro atoms. The number of aromatic nitrogens is 1. The van der Waals surface area contributed by atoms with Crippen molar-refractivity contribution in [2.24, 2.45) is 0 Å². The van der Waals surface area contributed by atoms with Gasteiger partial charge >= 0.3 is 0 Å². The Kier molecular flexibility index (Phi) is 4.96. The van der Waals surface area contributed by atoms with Gasteiger partial charge in [0.05, 0.1) is 0 Å². The minimum Gasteiger partial charge on any atom is -0.377 e. The van der Waals surface area contributed by atoms with Crippen LogP contribution in [0.3, 0.4) is 0 Å². The average molecular weight is 301 g/mol. The van der Waals surface area contributed by atoms with Crippen LogP contribution in [-0.2, 0) is 6.54 Å². The third-order valence-corrected chi connectivity index (χ3v) is 5.20. The molecule has 1 aromatic rings. The number of aryl methyl sites for hydroxylation is 1. The van der Waals surface area contributed by atoms with Gasteiger partial charge < -0.3 is 4.90 Å². The number of pyridine rings is 1.